The number of hydrogen-bond acceptors (Lipinski definition) is 3. The highest BCUT2D eigenvalue weighted by Crippen LogP contribution is 2.29. The number of benzene rings is 2. The van der Waals surface area contributed by atoms with Crippen molar-refractivity contribution in [2.45, 2.75) is 6.42 Å². The van der Waals surface area contributed by atoms with Gasteiger partial charge in [0, 0.05) is 23.1 Å². The molecule has 26 heavy (non-hydrogen) atoms. The summed E-state index contributed by atoms with van der Waals surface area (Å²) in [6, 6.07) is 13.9. The smallest absolute Gasteiger partial charge is 0.319 e. The Balaban J connectivity index is 1.52. The van der Waals surface area contributed by atoms with E-state index in [0.29, 0.717) is 17.1 Å². The third kappa shape index (κ3) is 4.40. The number of nitrogens with one attached hydrogen (secondary N) is 3. The first-order chi connectivity index (χ1) is 12.5. The molecule has 4 amide bonds. The standard InChI is InChI=1S/C18H17BrN4O3/c19-12-5-7-13(8-6-12)21-18(26)20-10-9-17(25)23-11-16(24)22-14-3-1-2-4-15(14)23/h1-8H,9-11H2,(H,22,24)(H2,20,21,26). The summed E-state index contributed by atoms with van der Waals surface area (Å²) >= 11 is 3.32. The maximum atomic E-state index is 12.5. The monoisotopic (exact) mass is 416 g/mol. The van der Waals surface area contributed by atoms with Gasteiger partial charge < -0.3 is 20.9 Å². The number of para-hydroxylation sites is 2. The Morgan fingerprint density at radius 3 is 2.62 bits per heavy atom. The van der Waals surface area contributed by atoms with Gasteiger partial charge in [0.25, 0.3) is 0 Å². The van der Waals surface area contributed by atoms with E-state index in [2.05, 4.69) is 31.9 Å². The molecule has 0 fully saturated rings. The Bertz CT molecular complexity index is 839. The zero-order chi connectivity index (χ0) is 18.5. The van der Waals surface area contributed by atoms with E-state index in [1.807, 2.05) is 12.1 Å². The fourth-order valence-electron chi connectivity index (χ4n) is 2.58. The molecule has 1 aliphatic rings. The molecule has 7 nitrogen and oxygen atoms in total. The normalized spacial score (nSPS) is 12.8. The molecule has 0 saturated heterocycles. The van der Waals surface area contributed by atoms with Gasteiger partial charge in [0.15, 0.2) is 0 Å². The molecule has 0 aromatic heterocycles. The number of amides is 4. The summed E-state index contributed by atoms with van der Waals surface area (Å²) < 4.78 is 0.917. The minimum Gasteiger partial charge on any atom is -0.337 e. The first-order valence-corrected chi connectivity index (χ1v) is 8.82. The largest absolute Gasteiger partial charge is 0.337 e. The van der Waals surface area contributed by atoms with Gasteiger partial charge in [0.1, 0.15) is 6.54 Å². The molecule has 3 N–H and O–H groups in total. The molecule has 2 aromatic rings. The lowest BCUT2D eigenvalue weighted by Crippen LogP contribution is -2.43. The van der Waals surface area contributed by atoms with E-state index in [0.717, 1.165) is 4.47 Å². The lowest BCUT2D eigenvalue weighted by Gasteiger charge is -2.29. The average molecular weight is 417 g/mol. The molecular weight excluding hydrogens is 400 g/mol. The summed E-state index contributed by atoms with van der Waals surface area (Å²) in [7, 11) is 0. The summed E-state index contributed by atoms with van der Waals surface area (Å²) in [6.45, 7) is 0.141. The van der Waals surface area contributed by atoms with Crippen LogP contribution in [0.2, 0.25) is 0 Å². The molecule has 0 unspecified atom stereocenters. The van der Waals surface area contributed by atoms with Crippen LogP contribution in [0, 0.1) is 0 Å². The van der Waals surface area contributed by atoms with Gasteiger partial charge in [-0.1, -0.05) is 28.1 Å². The van der Waals surface area contributed by atoms with Crippen molar-refractivity contribution in [1.82, 2.24) is 5.32 Å². The van der Waals surface area contributed by atoms with Crippen LogP contribution >= 0.6 is 15.9 Å². The number of carbonyl (C=O) groups is 3. The predicted molar refractivity (Wildman–Crippen MR) is 103 cm³/mol. The van der Waals surface area contributed by atoms with Crippen LogP contribution in [0.3, 0.4) is 0 Å². The molecule has 0 saturated carbocycles. The highest BCUT2D eigenvalue weighted by Gasteiger charge is 2.26. The number of hydrogen-bond donors (Lipinski definition) is 3. The average Bonchev–Trinajstić information content (AvgIpc) is 2.62. The Kier molecular flexibility index (Phi) is 5.52. The van der Waals surface area contributed by atoms with Crippen molar-refractivity contribution in [3.8, 4) is 0 Å². The van der Waals surface area contributed by atoms with Crippen molar-refractivity contribution >= 4 is 50.8 Å². The van der Waals surface area contributed by atoms with Crippen LogP contribution in [-0.4, -0.2) is 30.9 Å². The maximum Gasteiger partial charge on any atom is 0.319 e. The van der Waals surface area contributed by atoms with Gasteiger partial charge >= 0.3 is 6.03 Å². The lowest BCUT2D eigenvalue weighted by atomic mass is 10.2. The van der Waals surface area contributed by atoms with Crippen molar-refractivity contribution in [1.29, 1.82) is 0 Å². The van der Waals surface area contributed by atoms with E-state index >= 15 is 0 Å². The third-order valence-electron chi connectivity index (χ3n) is 3.80. The number of halogens is 1. The minimum atomic E-state index is -0.392. The number of fused-ring (bicyclic) bond motifs is 1. The highest BCUT2D eigenvalue weighted by molar-refractivity contribution is 9.10. The van der Waals surface area contributed by atoms with Gasteiger partial charge in [-0.3, -0.25) is 9.59 Å². The lowest BCUT2D eigenvalue weighted by molar-refractivity contribution is -0.121. The van der Waals surface area contributed by atoms with Gasteiger partial charge in [-0.15, -0.1) is 0 Å². The fraction of sp³-hybridized carbons (Fsp3) is 0.167. The molecule has 0 atom stereocenters. The van der Waals surface area contributed by atoms with Gasteiger partial charge in [-0.25, -0.2) is 4.79 Å². The first kappa shape index (κ1) is 17.9. The van der Waals surface area contributed by atoms with Crippen LogP contribution in [0.15, 0.2) is 53.0 Å². The van der Waals surface area contributed by atoms with Crippen molar-refractivity contribution in [2.75, 3.05) is 28.6 Å². The van der Waals surface area contributed by atoms with Crippen molar-refractivity contribution < 1.29 is 14.4 Å². The van der Waals surface area contributed by atoms with Crippen molar-refractivity contribution in [2.24, 2.45) is 0 Å². The molecular formula is C18H17BrN4O3. The molecule has 0 spiro atoms. The Hall–Kier alpha value is -2.87. The van der Waals surface area contributed by atoms with Gasteiger partial charge in [0.2, 0.25) is 11.8 Å². The van der Waals surface area contributed by atoms with Crippen LogP contribution < -0.4 is 20.9 Å². The Morgan fingerprint density at radius 2 is 1.85 bits per heavy atom. The summed E-state index contributed by atoms with van der Waals surface area (Å²) in [5, 5.41) is 8.06. The van der Waals surface area contributed by atoms with Crippen molar-refractivity contribution in [3.63, 3.8) is 0 Å². The van der Waals surface area contributed by atoms with Crippen LogP contribution in [0.4, 0.5) is 21.9 Å². The van der Waals surface area contributed by atoms with E-state index in [9.17, 15) is 14.4 Å². The third-order valence-corrected chi connectivity index (χ3v) is 4.33. The van der Waals surface area contributed by atoms with E-state index in [1.54, 1.807) is 36.4 Å². The molecule has 1 aliphatic heterocycles. The van der Waals surface area contributed by atoms with Crippen LogP contribution in [-0.2, 0) is 9.59 Å². The summed E-state index contributed by atoms with van der Waals surface area (Å²) in [5.41, 5.74) is 1.92. The molecule has 1 heterocycles. The predicted octanol–water partition coefficient (Wildman–Crippen LogP) is 2.95. The van der Waals surface area contributed by atoms with Gasteiger partial charge in [-0.05, 0) is 36.4 Å². The van der Waals surface area contributed by atoms with Gasteiger partial charge in [0.05, 0.1) is 11.4 Å². The zero-order valence-electron chi connectivity index (χ0n) is 13.8. The molecule has 8 heteroatoms. The second-order valence-electron chi connectivity index (χ2n) is 5.68. The van der Waals surface area contributed by atoms with E-state index in [4.69, 9.17) is 0 Å². The van der Waals surface area contributed by atoms with Crippen LogP contribution in [0.1, 0.15) is 6.42 Å². The Labute approximate surface area is 158 Å². The number of nitrogens with zero attached hydrogens (tertiary/aromatic N) is 1. The molecule has 0 radical (unpaired) electrons. The maximum absolute atomic E-state index is 12.5. The van der Waals surface area contributed by atoms with E-state index in [1.165, 1.54) is 4.90 Å². The second kappa shape index (κ2) is 8.01. The highest BCUT2D eigenvalue weighted by atomic mass is 79.9. The SMILES string of the molecule is O=C1CN(C(=O)CCNC(=O)Nc2ccc(Br)cc2)c2ccccc2N1. The van der Waals surface area contributed by atoms with Gasteiger partial charge in [-0.2, -0.15) is 0 Å². The second-order valence-corrected chi connectivity index (χ2v) is 6.60. The zero-order valence-corrected chi connectivity index (χ0v) is 15.4. The summed E-state index contributed by atoms with van der Waals surface area (Å²) in [4.78, 5) is 37.5. The number of anilines is 3. The summed E-state index contributed by atoms with van der Waals surface area (Å²) in [5.74, 6) is -0.464. The molecule has 0 bridgehead atoms. The molecule has 2 aromatic carbocycles. The first-order valence-electron chi connectivity index (χ1n) is 8.02. The summed E-state index contributed by atoms with van der Waals surface area (Å²) in [6.07, 6.45) is 0.0926. The number of carbonyl (C=O) groups excluding carboxylic acids is 3. The minimum absolute atomic E-state index is 0.0268. The topological polar surface area (TPSA) is 90.5 Å². The Morgan fingerprint density at radius 1 is 1.12 bits per heavy atom. The number of rotatable bonds is 4. The number of urea groups is 1. The molecule has 0 aliphatic carbocycles. The molecule has 134 valence electrons. The van der Waals surface area contributed by atoms with Crippen LogP contribution in [0.25, 0.3) is 0 Å². The molecule has 3 rings (SSSR count). The van der Waals surface area contributed by atoms with Crippen molar-refractivity contribution in [3.05, 3.63) is 53.0 Å². The quantitative estimate of drug-likeness (QED) is 0.715. The van der Waals surface area contributed by atoms with E-state index in [-0.39, 0.29) is 31.3 Å². The van der Waals surface area contributed by atoms with Crippen LogP contribution in [0.5, 0.6) is 0 Å². The van der Waals surface area contributed by atoms with E-state index < -0.39 is 6.03 Å². The fourth-order valence-corrected chi connectivity index (χ4v) is 2.85.